The zero-order valence-corrected chi connectivity index (χ0v) is 34.0. The molecule has 12 N–H and O–H groups in total. The average molecular weight is 918 g/mol. The minimum absolute atomic E-state index is 0. The number of anilines is 2. The number of carboxylic acids is 1. The van der Waals surface area contributed by atoms with Gasteiger partial charge in [-0.3, -0.25) is 23.5 Å². The first-order valence-electron chi connectivity index (χ1n) is 18.1. The Morgan fingerprint density at radius 3 is 1.80 bits per heavy atom. The largest absolute Gasteiger partial charge is 1.00 e. The summed E-state index contributed by atoms with van der Waals surface area (Å²) in [5, 5.41) is 9.94. The highest BCUT2D eigenvalue weighted by atomic mass is 127. The Morgan fingerprint density at radius 2 is 1.29 bits per heavy atom. The van der Waals surface area contributed by atoms with Gasteiger partial charge in [0.25, 0.3) is 11.9 Å². The van der Waals surface area contributed by atoms with Crippen molar-refractivity contribution >= 4 is 51.6 Å². The van der Waals surface area contributed by atoms with E-state index in [2.05, 4.69) is 45.2 Å². The molecule has 0 unspecified atom stereocenters. The fourth-order valence-electron chi connectivity index (χ4n) is 5.98. The summed E-state index contributed by atoms with van der Waals surface area (Å²) in [5.41, 5.74) is 15.8. The second-order valence-corrected chi connectivity index (χ2v) is 13.7. The SMILES string of the molecule is CC(=O)O.N.Nc1nc(-c2ncc(C3CC3)[nH]2)nc2c1[nH]c(=O)n2Cc1ccccc1.Nc1nc(C(=O)NCC(=O)C2CC2)nc2c1[nH]c(=O)n2Cc1ccccc1.[I-]. The monoisotopic (exact) mass is 917 g/mol. The van der Waals surface area contributed by atoms with Gasteiger partial charge < -0.3 is 67.0 Å². The minimum Gasteiger partial charge on any atom is -1.00 e. The number of fused-ring (bicyclic) bond motifs is 2. The third-order valence-electron chi connectivity index (χ3n) is 9.15. The molecule has 7 aromatic rings. The molecule has 2 fully saturated rings. The number of halogens is 1. The van der Waals surface area contributed by atoms with Crippen LogP contribution in [0.25, 0.3) is 34.0 Å². The Labute approximate surface area is 351 Å². The molecule has 2 aliphatic rings. The van der Waals surface area contributed by atoms with Crippen molar-refractivity contribution < 1.29 is 43.5 Å². The number of aliphatic carboxylic acids is 1. The minimum atomic E-state index is -0.833. The predicted molar refractivity (Wildman–Crippen MR) is 214 cm³/mol. The predicted octanol–water partition coefficient (Wildman–Crippen LogP) is -0.266. The van der Waals surface area contributed by atoms with E-state index in [0.717, 1.165) is 36.6 Å². The first kappa shape index (κ1) is 43.4. The highest BCUT2D eigenvalue weighted by Crippen LogP contribution is 2.39. The van der Waals surface area contributed by atoms with Gasteiger partial charge in [0.15, 0.2) is 40.4 Å². The Bertz CT molecular complexity index is 2710. The molecule has 5 aromatic heterocycles. The van der Waals surface area contributed by atoms with Crippen LogP contribution in [0.1, 0.15) is 66.0 Å². The second kappa shape index (κ2) is 18.7. The van der Waals surface area contributed by atoms with Crippen LogP contribution in [0.15, 0.2) is 76.4 Å². The average Bonchev–Trinajstić information content (AvgIpc) is 4.13. The number of nitrogen functional groups attached to an aromatic ring is 2. The molecule has 20 nitrogen and oxygen atoms in total. The first-order chi connectivity index (χ1) is 27.4. The number of nitrogens with one attached hydrogen (secondary N) is 4. The van der Waals surface area contributed by atoms with Gasteiger partial charge in [0.1, 0.15) is 11.0 Å². The summed E-state index contributed by atoms with van der Waals surface area (Å²) in [4.78, 5) is 87.9. The lowest BCUT2D eigenvalue weighted by atomic mass is 10.2. The number of carbonyl (C=O) groups is 3. The Kier molecular flexibility index (Phi) is 13.7. The number of Topliss-reactive ketones (excluding diaryl/α,β-unsaturated/α-hetero) is 1. The van der Waals surface area contributed by atoms with Crippen LogP contribution in [-0.4, -0.2) is 78.3 Å². The van der Waals surface area contributed by atoms with Gasteiger partial charge >= 0.3 is 11.4 Å². The fraction of sp³-hybridized carbons (Fsp3) is 0.263. The maximum absolute atomic E-state index is 12.4. The fourth-order valence-corrected chi connectivity index (χ4v) is 5.98. The number of carbonyl (C=O) groups excluding carboxylic acids is 2. The zero-order chi connectivity index (χ0) is 40.2. The number of amides is 1. The molecule has 21 heteroatoms. The Balaban J connectivity index is 0.000000200. The van der Waals surface area contributed by atoms with E-state index < -0.39 is 17.6 Å². The Morgan fingerprint density at radius 1 is 0.780 bits per heavy atom. The van der Waals surface area contributed by atoms with Gasteiger partial charge in [-0.25, -0.2) is 34.5 Å². The highest BCUT2D eigenvalue weighted by Gasteiger charge is 2.30. The van der Waals surface area contributed by atoms with Gasteiger partial charge in [-0.1, -0.05) is 60.7 Å². The van der Waals surface area contributed by atoms with Crippen LogP contribution in [0.2, 0.25) is 0 Å². The number of nitrogens with zero attached hydrogens (tertiary/aromatic N) is 7. The molecule has 2 aromatic carbocycles. The molecule has 2 saturated carbocycles. The lowest BCUT2D eigenvalue weighted by Gasteiger charge is -2.06. The van der Waals surface area contributed by atoms with Gasteiger partial charge in [-0.2, -0.15) is 0 Å². The van der Waals surface area contributed by atoms with Crippen LogP contribution in [0, 0.1) is 5.92 Å². The summed E-state index contributed by atoms with van der Waals surface area (Å²) in [6, 6.07) is 19.1. The number of hydrogen-bond donors (Lipinski definition) is 8. The van der Waals surface area contributed by atoms with E-state index >= 15 is 0 Å². The van der Waals surface area contributed by atoms with Crippen molar-refractivity contribution in [2.24, 2.45) is 5.92 Å². The van der Waals surface area contributed by atoms with E-state index in [1.165, 1.54) is 17.4 Å². The number of aromatic amines is 3. The number of benzene rings is 2. The van der Waals surface area contributed by atoms with Gasteiger partial charge in [-0.15, -0.1) is 0 Å². The van der Waals surface area contributed by atoms with Crippen LogP contribution in [-0.2, 0) is 22.7 Å². The summed E-state index contributed by atoms with van der Waals surface area (Å²) >= 11 is 0. The molecule has 9 rings (SSSR count). The number of H-pyrrole nitrogens is 3. The van der Waals surface area contributed by atoms with E-state index in [1.807, 2.05) is 66.9 Å². The van der Waals surface area contributed by atoms with Crippen LogP contribution < -0.4 is 58.3 Å². The molecule has 0 atom stereocenters. The van der Waals surface area contributed by atoms with Crippen molar-refractivity contribution in [1.29, 1.82) is 0 Å². The lowest BCUT2D eigenvalue weighted by Crippen LogP contribution is -3.00. The maximum atomic E-state index is 12.4. The molecule has 2 aliphatic carbocycles. The summed E-state index contributed by atoms with van der Waals surface area (Å²) in [5.74, 6) is 0.200. The molecule has 308 valence electrons. The number of aromatic nitrogens is 10. The van der Waals surface area contributed by atoms with Crippen molar-refractivity contribution in [2.75, 3.05) is 18.0 Å². The molecule has 0 spiro atoms. The van der Waals surface area contributed by atoms with Crippen molar-refractivity contribution in [3.8, 4) is 11.6 Å². The molecule has 5 heterocycles. The van der Waals surface area contributed by atoms with Gasteiger partial charge in [-0.05, 0) is 36.8 Å². The quantitative estimate of drug-likeness (QED) is 0.0820. The number of hydrogen-bond acceptors (Lipinski definition) is 13. The van der Waals surface area contributed by atoms with Crippen molar-refractivity contribution in [2.45, 2.75) is 51.6 Å². The van der Waals surface area contributed by atoms with Crippen molar-refractivity contribution in [1.82, 2.24) is 60.5 Å². The topological polar surface area (TPSA) is 326 Å². The highest BCUT2D eigenvalue weighted by molar-refractivity contribution is 5.97. The summed E-state index contributed by atoms with van der Waals surface area (Å²) in [6.07, 6.45) is 5.93. The third-order valence-corrected chi connectivity index (χ3v) is 9.15. The number of imidazole rings is 3. The van der Waals surface area contributed by atoms with Crippen LogP contribution in [0.4, 0.5) is 11.6 Å². The third kappa shape index (κ3) is 10.4. The number of rotatable bonds is 10. The van der Waals surface area contributed by atoms with E-state index in [1.54, 1.807) is 4.57 Å². The van der Waals surface area contributed by atoms with Gasteiger partial charge in [0, 0.05) is 30.7 Å². The summed E-state index contributed by atoms with van der Waals surface area (Å²) in [6.45, 7) is 1.70. The van der Waals surface area contributed by atoms with Gasteiger partial charge in [0.2, 0.25) is 5.82 Å². The number of ketones is 1. The second-order valence-electron chi connectivity index (χ2n) is 13.7. The number of nitrogens with two attached hydrogens (primary N) is 2. The molecule has 59 heavy (non-hydrogen) atoms. The molecule has 0 aliphatic heterocycles. The molecule has 0 bridgehead atoms. The standard InChI is InChI=1S/C18H17N7O.C18H18N6O3.C2H4O2.HI.H3N/c19-14-13-17(25(18(26)22-13)9-10-4-2-1-3-5-10)24-16(23-14)15-20-8-12(21-15)11-6-7-11;19-14-13-16(24(18(27)21-13)9-10-4-2-1-3-5-10)23-15(22-14)17(26)20-8-12(25)11-6-7-11;1-2(3)4;;/h1-5,8,11H,6-7,9H2,(H,20,21)(H,22,26)(H2,19,23,24);1-5,11H,6-9H2,(H,20,26)(H,21,27)(H2,19,22,23);1H3,(H,3,4);1H;1H3/p-1. The molecule has 0 radical (unpaired) electrons. The van der Waals surface area contributed by atoms with Crippen molar-refractivity contribution in [3.05, 3.63) is 110 Å². The molecular formula is C38H42IN14O6-. The summed E-state index contributed by atoms with van der Waals surface area (Å²) < 4.78 is 2.96. The lowest BCUT2D eigenvalue weighted by molar-refractivity contribution is -0.134. The first-order valence-corrected chi connectivity index (χ1v) is 18.1. The normalized spacial score (nSPS) is 12.9. The van der Waals surface area contributed by atoms with Crippen molar-refractivity contribution in [3.63, 3.8) is 0 Å². The van der Waals surface area contributed by atoms with Crippen LogP contribution >= 0.6 is 0 Å². The Hall–Kier alpha value is -6.75. The van der Waals surface area contributed by atoms with Crippen LogP contribution in [0.5, 0.6) is 0 Å². The molecular weight excluding hydrogens is 875 g/mol. The van der Waals surface area contributed by atoms with E-state index in [0.29, 0.717) is 35.3 Å². The zero-order valence-electron chi connectivity index (χ0n) is 31.8. The van der Waals surface area contributed by atoms with Crippen LogP contribution in [0.3, 0.4) is 0 Å². The van der Waals surface area contributed by atoms with Gasteiger partial charge in [0.05, 0.1) is 19.6 Å². The van der Waals surface area contributed by atoms with E-state index in [-0.39, 0.29) is 89.2 Å². The molecule has 1 amide bonds. The smallest absolute Gasteiger partial charge is 0.328 e. The van der Waals surface area contributed by atoms with E-state index in [9.17, 15) is 19.2 Å². The van der Waals surface area contributed by atoms with E-state index in [4.69, 9.17) is 21.4 Å². The molecule has 0 saturated heterocycles. The number of carboxylic acid groups (broad SMARTS) is 1. The summed E-state index contributed by atoms with van der Waals surface area (Å²) in [7, 11) is 0. The maximum Gasteiger partial charge on any atom is 0.328 e.